The summed E-state index contributed by atoms with van der Waals surface area (Å²) < 4.78 is 39.8. The number of halogens is 3. The van der Waals surface area contributed by atoms with Crippen molar-refractivity contribution in [3.63, 3.8) is 0 Å². The van der Waals surface area contributed by atoms with Crippen LogP contribution in [0.15, 0.2) is 42.5 Å². The second kappa shape index (κ2) is 7.27. The van der Waals surface area contributed by atoms with Crippen LogP contribution in [0.3, 0.4) is 0 Å². The third kappa shape index (κ3) is 4.33. The van der Waals surface area contributed by atoms with E-state index in [1.54, 1.807) is 12.1 Å². The predicted molar refractivity (Wildman–Crippen MR) is 77.7 cm³/mol. The maximum atomic E-state index is 13.8. The van der Waals surface area contributed by atoms with Gasteiger partial charge in [-0.3, -0.25) is 0 Å². The van der Waals surface area contributed by atoms with E-state index in [0.29, 0.717) is 18.5 Å². The van der Waals surface area contributed by atoms with Gasteiger partial charge < -0.3 is 5.32 Å². The van der Waals surface area contributed by atoms with Crippen molar-refractivity contribution >= 4 is 0 Å². The highest BCUT2D eigenvalue weighted by Crippen LogP contribution is 2.23. The van der Waals surface area contributed by atoms with E-state index in [1.807, 2.05) is 6.92 Å². The van der Waals surface area contributed by atoms with Crippen LogP contribution in [-0.4, -0.2) is 13.1 Å². The highest BCUT2D eigenvalue weighted by molar-refractivity contribution is 5.26. The Morgan fingerprint density at radius 1 is 0.952 bits per heavy atom. The minimum atomic E-state index is -0.582. The van der Waals surface area contributed by atoms with Crippen LogP contribution in [0.4, 0.5) is 13.2 Å². The van der Waals surface area contributed by atoms with Gasteiger partial charge in [-0.15, -0.1) is 0 Å². The monoisotopic (exact) mass is 293 g/mol. The summed E-state index contributed by atoms with van der Waals surface area (Å²) in [6.07, 6.45) is 0.435. The molecule has 112 valence electrons. The van der Waals surface area contributed by atoms with Gasteiger partial charge in [-0.1, -0.05) is 25.1 Å². The Hall–Kier alpha value is -1.81. The molecule has 0 aliphatic carbocycles. The van der Waals surface area contributed by atoms with Gasteiger partial charge in [-0.25, -0.2) is 13.2 Å². The molecule has 0 radical (unpaired) electrons. The van der Waals surface area contributed by atoms with Gasteiger partial charge >= 0.3 is 0 Å². The van der Waals surface area contributed by atoms with Gasteiger partial charge in [0, 0.05) is 18.5 Å². The van der Waals surface area contributed by atoms with Crippen LogP contribution in [0.5, 0.6) is 0 Å². The van der Waals surface area contributed by atoms with E-state index in [-0.39, 0.29) is 11.7 Å². The molecule has 0 amide bonds. The van der Waals surface area contributed by atoms with Gasteiger partial charge in [0.15, 0.2) is 0 Å². The molecule has 4 heteroatoms. The molecule has 0 aliphatic rings. The predicted octanol–water partition coefficient (Wildman–Crippen LogP) is 4.04. The topological polar surface area (TPSA) is 12.0 Å². The second-order valence-corrected chi connectivity index (χ2v) is 5.00. The molecule has 0 aromatic heterocycles. The molecule has 0 saturated heterocycles. The van der Waals surface area contributed by atoms with E-state index in [9.17, 15) is 13.2 Å². The molecule has 2 aromatic carbocycles. The van der Waals surface area contributed by atoms with Gasteiger partial charge in [-0.05, 0) is 42.3 Å². The standard InChI is InChI=1S/C17H18F3N/c1-2-21-11-14(12-3-6-15(18)7-4-12)9-13-5-8-16(19)10-17(13)20/h3-8,10,14,21H,2,9,11H2,1H3. The zero-order chi connectivity index (χ0) is 15.2. The highest BCUT2D eigenvalue weighted by Gasteiger charge is 2.15. The molecular weight excluding hydrogens is 275 g/mol. The minimum absolute atomic E-state index is 0.00510. The Labute approximate surface area is 122 Å². The quantitative estimate of drug-likeness (QED) is 0.847. The zero-order valence-corrected chi connectivity index (χ0v) is 11.9. The first-order valence-corrected chi connectivity index (χ1v) is 7.00. The Bertz CT molecular complexity index is 581. The van der Waals surface area contributed by atoms with Crippen molar-refractivity contribution in [2.24, 2.45) is 0 Å². The highest BCUT2D eigenvalue weighted by atomic mass is 19.1. The SMILES string of the molecule is CCNCC(Cc1ccc(F)cc1F)c1ccc(F)cc1. The van der Waals surface area contributed by atoms with Crippen LogP contribution in [0, 0.1) is 17.5 Å². The molecule has 0 bridgehead atoms. The number of likely N-dealkylation sites (N-methyl/N-ethyl adjacent to an activating group) is 1. The fourth-order valence-corrected chi connectivity index (χ4v) is 2.31. The molecule has 0 fully saturated rings. The fourth-order valence-electron chi connectivity index (χ4n) is 2.31. The molecule has 2 aromatic rings. The molecule has 0 heterocycles. The van der Waals surface area contributed by atoms with Gasteiger partial charge in [0.05, 0.1) is 0 Å². The van der Waals surface area contributed by atoms with Gasteiger partial charge in [0.25, 0.3) is 0 Å². The average molecular weight is 293 g/mol. The first-order chi connectivity index (χ1) is 10.1. The summed E-state index contributed by atoms with van der Waals surface area (Å²) in [4.78, 5) is 0. The number of hydrogen-bond donors (Lipinski definition) is 1. The summed E-state index contributed by atoms with van der Waals surface area (Å²) in [5, 5.41) is 3.22. The molecule has 1 unspecified atom stereocenters. The maximum Gasteiger partial charge on any atom is 0.129 e. The van der Waals surface area contributed by atoms with E-state index in [1.165, 1.54) is 24.3 Å². The summed E-state index contributed by atoms with van der Waals surface area (Å²) in [5.41, 5.74) is 1.39. The summed E-state index contributed by atoms with van der Waals surface area (Å²) in [6.45, 7) is 3.43. The number of benzene rings is 2. The van der Waals surface area contributed by atoms with Crippen LogP contribution in [0.25, 0.3) is 0 Å². The van der Waals surface area contributed by atoms with Crippen LogP contribution >= 0.6 is 0 Å². The first-order valence-electron chi connectivity index (χ1n) is 7.00. The Balaban J connectivity index is 2.21. The van der Waals surface area contributed by atoms with Crippen LogP contribution in [-0.2, 0) is 6.42 Å². The summed E-state index contributed by atoms with van der Waals surface area (Å²) in [5.74, 6) is -1.42. The average Bonchev–Trinajstić information content (AvgIpc) is 2.46. The molecule has 1 atom stereocenters. The third-order valence-corrected chi connectivity index (χ3v) is 3.46. The van der Waals surface area contributed by atoms with Crippen molar-refractivity contribution in [2.45, 2.75) is 19.3 Å². The smallest absolute Gasteiger partial charge is 0.129 e. The molecule has 21 heavy (non-hydrogen) atoms. The lowest BCUT2D eigenvalue weighted by Crippen LogP contribution is -2.23. The van der Waals surface area contributed by atoms with Crippen molar-refractivity contribution in [3.05, 3.63) is 71.0 Å². The minimum Gasteiger partial charge on any atom is -0.316 e. The van der Waals surface area contributed by atoms with E-state index in [2.05, 4.69) is 5.32 Å². The van der Waals surface area contributed by atoms with E-state index in [4.69, 9.17) is 0 Å². The number of rotatable bonds is 6. The van der Waals surface area contributed by atoms with Crippen LogP contribution in [0.2, 0.25) is 0 Å². The lowest BCUT2D eigenvalue weighted by atomic mass is 9.91. The van der Waals surface area contributed by atoms with Gasteiger partial charge in [0.1, 0.15) is 17.5 Å². The lowest BCUT2D eigenvalue weighted by molar-refractivity contribution is 0.546. The Morgan fingerprint density at radius 3 is 2.24 bits per heavy atom. The second-order valence-electron chi connectivity index (χ2n) is 5.00. The van der Waals surface area contributed by atoms with Crippen molar-refractivity contribution < 1.29 is 13.2 Å². The summed E-state index contributed by atoms with van der Waals surface area (Å²) in [6, 6.07) is 9.83. The molecule has 1 N–H and O–H groups in total. The third-order valence-electron chi connectivity index (χ3n) is 3.46. The number of nitrogens with one attached hydrogen (secondary N) is 1. The zero-order valence-electron chi connectivity index (χ0n) is 11.9. The first kappa shape index (κ1) is 15.6. The van der Waals surface area contributed by atoms with Crippen molar-refractivity contribution in [3.8, 4) is 0 Å². The normalized spacial score (nSPS) is 12.4. The van der Waals surface area contributed by atoms with E-state index in [0.717, 1.165) is 18.2 Å². The molecule has 2 rings (SSSR count). The summed E-state index contributed by atoms with van der Waals surface area (Å²) >= 11 is 0. The Morgan fingerprint density at radius 2 is 1.62 bits per heavy atom. The number of hydrogen-bond acceptors (Lipinski definition) is 1. The molecular formula is C17H18F3N. The van der Waals surface area contributed by atoms with Crippen LogP contribution in [0.1, 0.15) is 24.0 Å². The van der Waals surface area contributed by atoms with Gasteiger partial charge in [0.2, 0.25) is 0 Å². The fraction of sp³-hybridized carbons (Fsp3) is 0.294. The summed E-state index contributed by atoms with van der Waals surface area (Å²) in [7, 11) is 0. The largest absolute Gasteiger partial charge is 0.316 e. The molecule has 0 saturated carbocycles. The molecule has 1 nitrogen and oxygen atoms in total. The van der Waals surface area contributed by atoms with Crippen molar-refractivity contribution in [1.82, 2.24) is 5.32 Å². The van der Waals surface area contributed by atoms with E-state index >= 15 is 0 Å². The van der Waals surface area contributed by atoms with Gasteiger partial charge in [-0.2, -0.15) is 0 Å². The maximum absolute atomic E-state index is 13.8. The van der Waals surface area contributed by atoms with E-state index < -0.39 is 11.6 Å². The molecule has 0 spiro atoms. The van der Waals surface area contributed by atoms with Crippen molar-refractivity contribution in [2.75, 3.05) is 13.1 Å². The molecule has 0 aliphatic heterocycles. The Kier molecular flexibility index (Phi) is 5.39. The van der Waals surface area contributed by atoms with Crippen molar-refractivity contribution in [1.29, 1.82) is 0 Å². The lowest BCUT2D eigenvalue weighted by Gasteiger charge is -2.18. The van der Waals surface area contributed by atoms with Crippen LogP contribution < -0.4 is 5.32 Å².